The molecule has 0 saturated carbocycles. The predicted molar refractivity (Wildman–Crippen MR) is 94.6 cm³/mol. The number of benzene rings is 1. The summed E-state index contributed by atoms with van der Waals surface area (Å²) in [7, 11) is -3.90. The predicted octanol–water partition coefficient (Wildman–Crippen LogP) is 2.77. The molecule has 152 valence electrons. The number of alkyl halides is 3. The molecule has 2 amide bonds. The Hall–Kier alpha value is -1.81. The number of amides is 2. The van der Waals surface area contributed by atoms with Gasteiger partial charge >= 0.3 is 12.2 Å². The SMILES string of the molecule is CC(C)C(C)NC(=O)N1CCN(S(=O)(=O)c2ccc(C(F)(F)F)cc2)CC1. The van der Waals surface area contributed by atoms with Gasteiger partial charge in [0.2, 0.25) is 10.0 Å². The highest BCUT2D eigenvalue weighted by Crippen LogP contribution is 2.30. The molecule has 0 bridgehead atoms. The molecule has 1 heterocycles. The van der Waals surface area contributed by atoms with Gasteiger partial charge in [-0.05, 0) is 37.1 Å². The van der Waals surface area contributed by atoms with Crippen LogP contribution in [0.1, 0.15) is 26.3 Å². The molecule has 2 rings (SSSR count). The summed E-state index contributed by atoms with van der Waals surface area (Å²) in [6.45, 7) is 6.49. The Labute approximate surface area is 157 Å². The maximum absolute atomic E-state index is 12.6. The average Bonchev–Trinajstić information content (AvgIpc) is 2.61. The standard InChI is InChI=1S/C17H24F3N3O3S/c1-12(2)13(3)21-16(24)22-8-10-23(11-9-22)27(25,26)15-6-4-14(5-7-15)17(18,19)20/h4-7,12-13H,8-11H2,1-3H3,(H,21,24). The fourth-order valence-electron chi connectivity index (χ4n) is 2.55. The first kappa shape index (κ1) is 21.5. The lowest BCUT2D eigenvalue weighted by molar-refractivity contribution is -0.137. The maximum atomic E-state index is 12.6. The molecule has 1 unspecified atom stereocenters. The van der Waals surface area contributed by atoms with E-state index in [0.717, 1.165) is 24.3 Å². The van der Waals surface area contributed by atoms with E-state index < -0.39 is 21.8 Å². The van der Waals surface area contributed by atoms with Crippen LogP contribution in [0.3, 0.4) is 0 Å². The van der Waals surface area contributed by atoms with Crippen LogP contribution in [0.2, 0.25) is 0 Å². The third kappa shape index (κ3) is 5.13. The van der Waals surface area contributed by atoms with Crippen LogP contribution < -0.4 is 5.32 Å². The van der Waals surface area contributed by atoms with Gasteiger partial charge in [0, 0.05) is 32.2 Å². The van der Waals surface area contributed by atoms with Gasteiger partial charge in [0.05, 0.1) is 10.5 Å². The molecule has 27 heavy (non-hydrogen) atoms. The first-order valence-corrected chi connectivity index (χ1v) is 10.1. The van der Waals surface area contributed by atoms with Gasteiger partial charge in [-0.3, -0.25) is 0 Å². The van der Waals surface area contributed by atoms with Crippen LogP contribution in [0.25, 0.3) is 0 Å². The molecule has 6 nitrogen and oxygen atoms in total. The Morgan fingerprint density at radius 2 is 1.56 bits per heavy atom. The smallest absolute Gasteiger partial charge is 0.335 e. The van der Waals surface area contributed by atoms with Crippen molar-refractivity contribution in [3.63, 3.8) is 0 Å². The lowest BCUT2D eigenvalue weighted by Gasteiger charge is -2.35. The molecule has 1 saturated heterocycles. The number of nitrogens with zero attached hydrogens (tertiary/aromatic N) is 2. The molecule has 10 heteroatoms. The minimum atomic E-state index is -4.52. The van der Waals surface area contributed by atoms with Crippen molar-refractivity contribution in [2.45, 2.75) is 37.9 Å². The van der Waals surface area contributed by atoms with Gasteiger partial charge in [-0.1, -0.05) is 13.8 Å². The molecule has 1 aromatic carbocycles. The monoisotopic (exact) mass is 407 g/mol. The Kier molecular flexibility index (Phi) is 6.41. The van der Waals surface area contributed by atoms with Crippen LogP contribution in [0.4, 0.5) is 18.0 Å². The molecular formula is C17H24F3N3O3S. The zero-order valence-electron chi connectivity index (χ0n) is 15.5. The van der Waals surface area contributed by atoms with E-state index in [4.69, 9.17) is 0 Å². The highest BCUT2D eigenvalue weighted by Gasteiger charge is 2.33. The Morgan fingerprint density at radius 3 is 2.00 bits per heavy atom. The highest BCUT2D eigenvalue weighted by atomic mass is 32.2. The maximum Gasteiger partial charge on any atom is 0.416 e. The molecule has 0 aromatic heterocycles. The lowest BCUT2D eigenvalue weighted by Crippen LogP contribution is -2.54. The van der Waals surface area contributed by atoms with Crippen LogP contribution in [0.15, 0.2) is 29.2 Å². The van der Waals surface area contributed by atoms with Gasteiger partial charge in [0.15, 0.2) is 0 Å². The summed E-state index contributed by atoms with van der Waals surface area (Å²) in [5.41, 5.74) is -0.901. The third-order valence-corrected chi connectivity index (χ3v) is 6.61. The molecule has 0 radical (unpaired) electrons. The number of urea groups is 1. The van der Waals surface area contributed by atoms with Crippen LogP contribution in [-0.4, -0.2) is 55.9 Å². The number of piperazine rings is 1. The summed E-state index contributed by atoms with van der Waals surface area (Å²) in [4.78, 5) is 13.6. The summed E-state index contributed by atoms with van der Waals surface area (Å²) in [5.74, 6) is 0.273. The topological polar surface area (TPSA) is 69.7 Å². The normalized spacial score (nSPS) is 17.8. The van der Waals surface area contributed by atoms with Gasteiger partial charge < -0.3 is 10.2 Å². The number of hydrogen-bond acceptors (Lipinski definition) is 3. The number of nitrogens with one attached hydrogen (secondary N) is 1. The number of carbonyl (C=O) groups excluding carboxylic acids is 1. The van der Waals surface area contributed by atoms with Crippen molar-refractivity contribution in [3.8, 4) is 0 Å². The molecule has 1 aliphatic rings. The van der Waals surface area contributed by atoms with Gasteiger partial charge in [0.25, 0.3) is 0 Å². The van der Waals surface area contributed by atoms with Crippen molar-refractivity contribution in [2.24, 2.45) is 5.92 Å². The lowest BCUT2D eigenvalue weighted by atomic mass is 10.1. The zero-order chi connectivity index (χ0) is 20.4. The Balaban J connectivity index is 2.01. The number of rotatable bonds is 4. The summed E-state index contributed by atoms with van der Waals surface area (Å²) in [5, 5.41) is 2.87. The Morgan fingerprint density at radius 1 is 1.04 bits per heavy atom. The molecule has 1 aliphatic heterocycles. The van der Waals surface area contributed by atoms with Crippen LogP contribution >= 0.6 is 0 Å². The van der Waals surface area contributed by atoms with Crippen molar-refractivity contribution in [3.05, 3.63) is 29.8 Å². The molecule has 0 aliphatic carbocycles. The molecule has 1 aromatic rings. The van der Waals surface area contributed by atoms with Crippen LogP contribution in [-0.2, 0) is 16.2 Å². The van der Waals surface area contributed by atoms with Crippen molar-refractivity contribution in [1.82, 2.24) is 14.5 Å². The van der Waals surface area contributed by atoms with Crippen molar-refractivity contribution >= 4 is 16.1 Å². The summed E-state index contributed by atoms with van der Waals surface area (Å²) < 4.78 is 64.3. The summed E-state index contributed by atoms with van der Waals surface area (Å²) in [6.07, 6.45) is -4.52. The van der Waals surface area contributed by atoms with E-state index in [0.29, 0.717) is 0 Å². The minimum absolute atomic E-state index is 0.00795. The summed E-state index contributed by atoms with van der Waals surface area (Å²) >= 11 is 0. The molecule has 0 spiro atoms. The van der Waals surface area contributed by atoms with E-state index in [9.17, 15) is 26.4 Å². The van der Waals surface area contributed by atoms with E-state index in [2.05, 4.69) is 5.32 Å². The van der Waals surface area contributed by atoms with Crippen molar-refractivity contribution in [2.75, 3.05) is 26.2 Å². The average molecular weight is 407 g/mol. The molecule has 1 fully saturated rings. The third-order valence-electron chi connectivity index (χ3n) is 4.70. The number of hydrogen-bond donors (Lipinski definition) is 1. The van der Waals surface area contributed by atoms with E-state index in [1.165, 1.54) is 9.21 Å². The molecule has 1 N–H and O–H groups in total. The number of sulfonamides is 1. The fraction of sp³-hybridized carbons (Fsp3) is 0.588. The van der Waals surface area contributed by atoms with Crippen molar-refractivity contribution in [1.29, 1.82) is 0 Å². The largest absolute Gasteiger partial charge is 0.416 e. The quantitative estimate of drug-likeness (QED) is 0.835. The van der Waals surface area contributed by atoms with Gasteiger partial charge in [-0.15, -0.1) is 0 Å². The van der Waals surface area contributed by atoms with E-state index in [1.807, 2.05) is 20.8 Å². The molecule has 1 atom stereocenters. The molecular weight excluding hydrogens is 383 g/mol. The second kappa shape index (κ2) is 8.05. The first-order chi connectivity index (χ1) is 12.4. The van der Waals surface area contributed by atoms with Gasteiger partial charge in [0.1, 0.15) is 0 Å². The Bertz CT molecular complexity index is 756. The van der Waals surface area contributed by atoms with Gasteiger partial charge in [-0.2, -0.15) is 17.5 Å². The van der Waals surface area contributed by atoms with Crippen LogP contribution in [0.5, 0.6) is 0 Å². The van der Waals surface area contributed by atoms with Gasteiger partial charge in [-0.25, -0.2) is 13.2 Å². The number of halogens is 3. The number of carbonyl (C=O) groups is 1. The minimum Gasteiger partial charge on any atom is -0.335 e. The van der Waals surface area contributed by atoms with Crippen molar-refractivity contribution < 1.29 is 26.4 Å². The van der Waals surface area contributed by atoms with E-state index in [1.54, 1.807) is 0 Å². The van der Waals surface area contributed by atoms with Crippen LogP contribution in [0, 0.1) is 5.92 Å². The fourth-order valence-corrected chi connectivity index (χ4v) is 3.97. The summed E-state index contributed by atoms with van der Waals surface area (Å²) in [6, 6.07) is 3.17. The second-order valence-electron chi connectivity index (χ2n) is 6.90. The van der Waals surface area contributed by atoms with E-state index in [-0.39, 0.29) is 49.1 Å². The highest BCUT2D eigenvalue weighted by molar-refractivity contribution is 7.89. The zero-order valence-corrected chi connectivity index (χ0v) is 16.3. The second-order valence-corrected chi connectivity index (χ2v) is 8.83. The first-order valence-electron chi connectivity index (χ1n) is 8.66. The van der Waals surface area contributed by atoms with E-state index >= 15 is 0 Å².